The highest BCUT2D eigenvalue weighted by atomic mass is 16.3. The molecule has 0 spiro atoms. The van der Waals surface area contributed by atoms with Gasteiger partial charge in [0.05, 0.1) is 5.60 Å². The number of nitrogens with one attached hydrogen (secondary N) is 1. The lowest BCUT2D eigenvalue weighted by Gasteiger charge is -2.41. The van der Waals surface area contributed by atoms with Crippen LogP contribution in [0.15, 0.2) is 0 Å². The Balaban J connectivity index is 1.68. The SMILES string of the molecule is CC1CCCC(N2CCC(NCC(C)(O)CN(C)C)CC2)C1. The molecule has 0 aromatic carbocycles. The van der Waals surface area contributed by atoms with Crippen LogP contribution in [0.5, 0.6) is 0 Å². The fraction of sp³-hybridized carbons (Fsp3) is 1.00. The zero-order chi connectivity index (χ0) is 16.2. The first kappa shape index (κ1) is 18.2. The second-order valence-electron chi connectivity index (χ2n) is 8.35. The Hall–Kier alpha value is -0.160. The molecule has 3 atom stereocenters. The summed E-state index contributed by atoms with van der Waals surface area (Å²) >= 11 is 0. The number of aliphatic hydroxyl groups is 1. The normalized spacial score (nSPS) is 31.4. The van der Waals surface area contributed by atoms with E-state index in [1.165, 1.54) is 51.6 Å². The van der Waals surface area contributed by atoms with Crippen LogP contribution in [0.3, 0.4) is 0 Å². The summed E-state index contributed by atoms with van der Waals surface area (Å²) in [6.07, 6.45) is 8.09. The highest BCUT2D eigenvalue weighted by Gasteiger charge is 2.29. The molecule has 1 aliphatic heterocycles. The molecule has 1 aliphatic carbocycles. The molecule has 0 aromatic heterocycles. The maximum Gasteiger partial charge on any atom is 0.0869 e. The van der Waals surface area contributed by atoms with Gasteiger partial charge < -0.3 is 20.2 Å². The Morgan fingerprint density at radius 1 is 1.18 bits per heavy atom. The van der Waals surface area contributed by atoms with Gasteiger partial charge in [-0.05, 0) is 65.7 Å². The van der Waals surface area contributed by atoms with Crippen molar-refractivity contribution in [2.45, 2.75) is 70.1 Å². The first-order valence-corrected chi connectivity index (χ1v) is 9.20. The van der Waals surface area contributed by atoms with E-state index in [2.05, 4.69) is 22.0 Å². The maximum absolute atomic E-state index is 10.4. The summed E-state index contributed by atoms with van der Waals surface area (Å²) in [6.45, 7) is 8.19. The van der Waals surface area contributed by atoms with Crippen molar-refractivity contribution >= 4 is 0 Å². The van der Waals surface area contributed by atoms with Crippen molar-refractivity contribution in [2.75, 3.05) is 40.3 Å². The Morgan fingerprint density at radius 2 is 1.86 bits per heavy atom. The number of nitrogens with zero attached hydrogens (tertiary/aromatic N) is 2. The molecule has 3 unspecified atom stereocenters. The summed E-state index contributed by atoms with van der Waals surface area (Å²) in [6, 6.07) is 1.41. The van der Waals surface area contributed by atoms with Gasteiger partial charge in [0.15, 0.2) is 0 Å². The number of piperidine rings is 1. The lowest BCUT2D eigenvalue weighted by Crippen LogP contribution is -2.52. The molecule has 1 saturated heterocycles. The third-order valence-electron chi connectivity index (χ3n) is 5.38. The summed E-state index contributed by atoms with van der Waals surface area (Å²) in [7, 11) is 4.02. The van der Waals surface area contributed by atoms with E-state index in [0.29, 0.717) is 19.1 Å². The minimum Gasteiger partial charge on any atom is -0.388 e. The van der Waals surface area contributed by atoms with E-state index in [-0.39, 0.29) is 0 Å². The van der Waals surface area contributed by atoms with Crippen LogP contribution < -0.4 is 5.32 Å². The summed E-state index contributed by atoms with van der Waals surface area (Å²) in [5, 5.41) is 14.0. The third kappa shape index (κ3) is 5.80. The van der Waals surface area contributed by atoms with Gasteiger partial charge in [-0.25, -0.2) is 0 Å². The molecule has 0 amide bonds. The fourth-order valence-electron chi connectivity index (χ4n) is 4.30. The lowest BCUT2D eigenvalue weighted by molar-refractivity contribution is 0.0268. The van der Waals surface area contributed by atoms with Gasteiger partial charge in [0.25, 0.3) is 0 Å². The molecular formula is C18H37N3O. The number of hydrogen-bond acceptors (Lipinski definition) is 4. The predicted molar refractivity (Wildman–Crippen MR) is 93.2 cm³/mol. The zero-order valence-corrected chi connectivity index (χ0v) is 15.1. The number of hydrogen-bond donors (Lipinski definition) is 2. The molecule has 4 nitrogen and oxygen atoms in total. The Bertz CT molecular complexity index is 324. The largest absolute Gasteiger partial charge is 0.388 e. The van der Waals surface area contributed by atoms with Gasteiger partial charge >= 0.3 is 0 Å². The Kier molecular flexibility index (Phi) is 6.69. The average Bonchev–Trinajstić information content (AvgIpc) is 2.44. The van der Waals surface area contributed by atoms with E-state index < -0.39 is 5.60 Å². The topological polar surface area (TPSA) is 38.7 Å². The monoisotopic (exact) mass is 311 g/mol. The van der Waals surface area contributed by atoms with Gasteiger partial charge in [-0.1, -0.05) is 19.8 Å². The van der Waals surface area contributed by atoms with Gasteiger partial charge in [-0.15, -0.1) is 0 Å². The van der Waals surface area contributed by atoms with Crippen molar-refractivity contribution in [3.63, 3.8) is 0 Å². The second-order valence-corrected chi connectivity index (χ2v) is 8.35. The van der Waals surface area contributed by atoms with E-state index in [1.54, 1.807) is 0 Å². The van der Waals surface area contributed by atoms with Crippen LogP contribution in [0.1, 0.15) is 52.4 Å². The molecule has 2 aliphatic rings. The number of likely N-dealkylation sites (tertiary alicyclic amines) is 1. The van der Waals surface area contributed by atoms with Gasteiger partial charge in [-0.3, -0.25) is 0 Å². The first-order chi connectivity index (χ1) is 10.4. The second kappa shape index (κ2) is 8.09. The molecule has 4 heteroatoms. The number of likely N-dealkylation sites (N-methyl/N-ethyl adjacent to an activating group) is 1. The predicted octanol–water partition coefficient (Wildman–Crippen LogP) is 1.93. The van der Waals surface area contributed by atoms with Gasteiger partial charge in [0.1, 0.15) is 0 Å². The molecule has 2 fully saturated rings. The van der Waals surface area contributed by atoms with Crippen LogP contribution in [0, 0.1) is 5.92 Å². The lowest BCUT2D eigenvalue weighted by atomic mass is 9.85. The van der Waals surface area contributed by atoms with Crippen LogP contribution >= 0.6 is 0 Å². The van der Waals surface area contributed by atoms with Crippen molar-refractivity contribution in [1.82, 2.24) is 15.1 Å². The summed E-state index contributed by atoms with van der Waals surface area (Å²) in [5.41, 5.74) is -0.639. The molecule has 2 rings (SSSR count). The summed E-state index contributed by atoms with van der Waals surface area (Å²) < 4.78 is 0. The molecule has 22 heavy (non-hydrogen) atoms. The van der Waals surface area contributed by atoms with E-state index in [4.69, 9.17) is 0 Å². The van der Waals surface area contributed by atoms with Crippen LogP contribution in [-0.4, -0.2) is 72.9 Å². The molecule has 0 radical (unpaired) electrons. The van der Waals surface area contributed by atoms with Crippen molar-refractivity contribution < 1.29 is 5.11 Å². The molecule has 2 N–H and O–H groups in total. The van der Waals surface area contributed by atoms with Crippen LogP contribution in [0.25, 0.3) is 0 Å². The Morgan fingerprint density at radius 3 is 2.45 bits per heavy atom. The van der Waals surface area contributed by atoms with Crippen LogP contribution in [0.2, 0.25) is 0 Å². The number of rotatable bonds is 6. The summed E-state index contributed by atoms with van der Waals surface area (Å²) in [4.78, 5) is 4.78. The van der Waals surface area contributed by atoms with E-state index >= 15 is 0 Å². The molecule has 0 bridgehead atoms. The first-order valence-electron chi connectivity index (χ1n) is 9.20. The molecule has 1 saturated carbocycles. The quantitative estimate of drug-likeness (QED) is 0.786. The smallest absolute Gasteiger partial charge is 0.0869 e. The van der Waals surface area contributed by atoms with Gasteiger partial charge in [-0.2, -0.15) is 0 Å². The van der Waals surface area contributed by atoms with Gasteiger partial charge in [0, 0.05) is 25.2 Å². The van der Waals surface area contributed by atoms with Gasteiger partial charge in [0.2, 0.25) is 0 Å². The van der Waals surface area contributed by atoms with Crippen molar-refractivity contribution in [3.05, 3.63) is 0 Å². The molecular weight excluding hydrogens is 274 g/mol. The zero-order valence-electron chi connectivity index (χ0n) is 15.1. The van der Waals surface area contributed by atoms with Crippen molar-refractivity contribution in [2.24, 2.45) is 5.92 Å². The van der Waals surface area contributed by atoms with E-state index in [9.17, 15) is 5.11 Å². The van der Waals surface area contributed by atoms with Crippen LogP contribution in [-0.2, 0) is 0 Å². The minimum atomic E-state index is -0.639. The van der Waals surface area contributed by atoms with E-state index in [0.717, 1.165) is 12.0 Å². The van der Waals surface area contributed by atoms with Crippen molar-refractivity contribution in [3.8, 4) is 0 Å². The highest BCUT2D eigenvalue weighted by Crippen LogP contribution is 2.29. The molecule has 130 valence electrons. The maximum atomic E-state index is 10.4. The third-order valence-corrected chi connectivity index (χ3v) is 5.38. The fourth-order valence-corrected chi connectivity index (χ4v) is 4.30. The van der Waals surface area contributed by atoms with Crippen molar-refractivity contribution in [1.29, 1.82) is 0 Å². The van der Waals surface area contributed by atoms with Crippen LogP contribution in [0.4, 0.5) is 0 Å². The highest BCUT2D eigenvalue weighted by molar-refractivity contribution is 4.87. The standard InChI is InChI=1S/C18H37N3O/c1-15-6-5-7-17(12-15)21-10-8-16(9-11-21)19-13-18(2,22)14-20(3)4/h15-17,19,22H,5-14H2,1-4H3. The average molecular weight is 312 g/mol. The molecule has 1 heterocycles. The summed E-state index contributed by atoms with van der Waals surface area (Å²) in [5.74, 6) is 0.913. The molecule has 0 aromatic rings. The minimum absolute atomic E-state index is 0.575. The van der Waals surface area contributed by atoms with E-state index in [1.807, 2.05) is 21.0 Å². The Labute approximate surface area is 137 Å².